The lowest BCUT2D eigenvalue weighted by atomic mass is 10.2. The van der Waals surface area contributed by atoms with Gasteiger partial charge in [0.2, 0.25) is 0 Å². The zero-order valence-electron chi connectivity index (χ0n) is 9.11. The summed E-state index contributed by atoms with van der Waals surface area (Å²) in [5, 5.41) is 10.6. The van der Waals surface area contributed by atoms with Gasteiger partial charge < -0.3 is 5.32 Å². The third-order valence-corrected chi connectivity index (χ3v) is 4.12. The number of H-pyrrole nitrogens is 1. The van der Waals surface area contributed by atoms with E-state index in [0.29, 0.717) is 4.88 Å². The Morgan fingerprint density at radius 1 is 1.33 bits per heavy atom. The van der Waals surface area contributed by atoms with Crippen molar-refractivity contribution in [2.75, 3.05) is 5.32 Å². The van der Waals surface area contributed by atoms with Gasteiger partial charge in [-0.1, -0.05) is 0 Å². The number of hydrogen-bond donors (Lipinski definition) is 2. The predicted octanol–water partition coefficient (Wildman–Crippen LogP) is 3.64. The smallest absolute Gasteiger partial charge is 0.265 e. The molecule has 0 saturated carbocycles. The van der Waals surface area contributed by atoms with Crippen LogP contribution in [0.1, 0.15) is 9.67 Å². The Labute approximate surface area is 115 Å². The summed E-state index contributed by atoms with van der Waals surface area (Å²) >= 11 is 4.75. The molecule has 2 N–H and O–H groups in total. The molecular weight excluding hydrogens is 314 g/mol. The number of aromatic nitrogens is 2. The Bertz CT molecular complexity index is 719. The van der Waals surface area contributed by atoms with Crippen molar-refractivity contribution in [2.45, 2.75) is 0 Å². The first-order chi connectivity index (χ1) is 8.72. The summed E-state index contributed by atoms with van der Waals surface area (Å²) in [5.74, 6) is -0.103. The summed E-state index contributed by atoms with van der Waals surface area (Å²) in [4.78, 5) is 12.6. The van der Waals surface area contributed by atoms with Gasteiger partial charge in [0, 0.05) is 11.1 Å². The van der Waals surface area contributed by atoms with Crippen LogP contribution in [0.3, 0.4) is 0 Å². The molecule has 0 radical (unpaired) electrons. The fourth-order valence-corrected chi connectivity index (χ4v) is 2.93. The largest absolute Gasteiger partial charge is 0.321 e. The highest BCUT2D eigenvalue weighted by Crippen LogP contribution is 2.23. The predicted molar refractivity (Wildman–Crippen MR) is 76.1 cm³/mol. The van der Waals surface area contributed by atoms with Crippen molar-refractivity contribution in [3.05, 3.63) is 45.2 Å². The normalized spacial score (nSPS) is 10.7. The minimum Gasteiger partial charge on any atom is -0.321 e. The van der Waals surface area contributed by atoms with Crippen LogP contribution in [-0.4, -0.2) is 16.1 Å². The maximum Gasteiger partial charge on any atom is 0.265 e. The second-order valence-corrected chi connectivity index (χ2v) is 6.19. The van der Waals surface area contributed by atoms with Crippen LogP contribution in [0.5, 0.6) is 0 Å². The van der Waals surface area contributed by atoms with E-state index >= 15 is 0 Å². The number of benzene rings is 1. The number of nitrogens with one attached hydrogen (secondary N) is 2. The van der Waals surface area contributed by atoms with Crippen LogP contribution in [-0.2, 0) is 0 Å². The molecule has 2 heterocycles. The summed E-state index contributed by atoms with van der Waals surface area (Å²) in [7, 11) is 0. The number of rotatable bonds is 2. The number of nitrogens with zero attached hydrogens (tertiary/aromatic N) is 1. The first-order valence-corrected chi connectivity index (χ1v) is 6.83. The van der Waals surface area contributed by atoms with Crippen molar-refractivity contribution in [2.24, 2.45) is 0 Å². The summed E-state index contributed by atoms with van der Waals surface area (Å²) in [5.41, 5.74) is 1.71. The minimum absolute atomic E-state index is 0.103. The summed E-state index contributed by atoms with van der Waals surface area (Å²) in [6.45, 7) is 0. The lowest BCUT2D eigenvalue weighted by molar-refractivity contribution is 0.103. The average Bonchev–Trinajstić information content (AvgIpc) is 2.96. The third kappa shape index (κ3) is 2.16. The number of anilines is 1. The standard InChI is InChI=1S/C12H8BrN3OS/c13-11-4-3-10(18-11)12(17)15-8-1-2-9-7(5-8)6-14-16-9/h1-6H,(H,14,16)(H,15,17). The molecule has 0 atom stereocenters. The molecule has 0 unspecified atom stereocenters. The van der Waals surface area contributed by atoms with Gasteiger partial charge in [-0.05, 0) is 46.3 Å². The fourth-order valence-electron chi connectivity index (χ4n) is 1.65. The van der Waals surface area contributed by atoms with Gasteiger partial charge in [-0.25, -0.2) is 0 Å². The monoisotopic (exact) mass is 321 g/mol. The number of aromatic amines is 1. The molecule has 0 aliphatic rings. The van der Waals surface area contributed by atoms with E-state index in [9.17, 15) is 4.79 Å². The van der Waals surface area contributed by atoms with Gasteiger partial charge in [-0.15, -0.1) is 11.3 Å². The fraction of sp³-hybridized carbons (Fsp3) is 0. The number of fused-ring (bicyclic) bond motifs is 1. The van der Waals surface area contributed by atoms with Crippen molar-refractivity contribution < 1.29 is 4.79 Å². The van der Waals surface area contributed by atoms with E-state index in [1.807, 2.05) is 24.3 Å². The first kappa shape index (κ1) is 11.4. The zero-order chi connectivity index (χ0) is 12.5. The Balaban J connectivity index is 1.85. The van der Waals surface area contributed by atoms with Crippen LogP contribution in [0.25, 0.3) is 10.9 Å². The first-order valence-electron chi connectivity index (χ1n) is 5.22. The second-order valence-electron chi connectivity index (χ2n) is 3.73. The maximum atomic E-state index is 12.0. The number of carbonyl (C=O) groups excluding carboxylic acids is 1. The van der Waals surface area contributed by atoms with Gasteiger partial charge in [0.15, 0.2) is 0 Å². The molecule has 0 aliphatic carbocycles. The number of halogens is 1. The van der Waals surface area contributed by atoms with Crippen LogP contribution < -0.4 is 5.32 Å². The Hall–Kier alpha value is -1.66. The molecule has 3 rings (SSSR count). The van der Waals surface area contributed by atoms with E-state index in [2.05, 4.69) is 31.4 Å². The Morgan fingerprint density at radius 3 is 3.00 bits per heavy atom. The molecule has 4 nitrogen and oxygen atoms in total. The molecule has 1 amide bonds. The molecule has 90 valence electrons. The number of amides is 1. The number of hydrogen-bond acceptors (Lipinski definition) is 3. The maximum absolute atomic E-state index is 12.0. The van der Waals surface area contributed by atoms with E-state index in [1.54, 1.807) is 12.3 Å². The highest BCUT2D eigenvalue weighted by Gasteiger charge is 2.09. The molecule has 1 aromatic carbocycles. The van der Waals surface area contributed by atoms with E-state index in [4.69, 9.17) is 0 Å². The second kappa shape index (κ2) is 4.55. The average molecular weight is 322 g/mol. The summed E-state index contributed by atoms with van der Waals surface area (Å²) < 4.78 is 0.943. The Kier molecular flexibility index (Phi) is 2.89. The van der Waals surface area contributed by atoms with E-state index in [1.165, 1.54) is 11.3 Å². The number of thiophene rings is 1. The molecule has 0 spiro atoms. The Morgan fingerprint density at radius 2 is 2.22 bits per heavy atom. The third-order valence-electron chi connectivity index (χ3n) is 2.50. The van der Waals surface area contributed by atoms with Gasteiger partial charge in [0.1, 0.15) is 0 Å². The van der Waals surface area contributed by atoms with Crippen LogP contribution >= 0.6 is 27.3 Å². The molecule has 0 fully saturated rings. The molecule has 18 heavy (non-hydrogen) atoms. The van der Waals surface area contributed by atoms with Crippen molar-refractivity contribution >= 4 is 49.8 Å². The number of carbonyl (C=O) groups is 1. The zero-order valence-corrected chi connectivity index (χ0v) is 11.5. The lowest BCUT2D eigenvalue weighted by Gasteiger charge is -2.03. The lowest BCUT2D eigenvalue weighted by Crippen LogP contribution is -2.09. The molecule has 0 aliphatic heterocycles. The molecule has 0 bridgehead atoms. The van der Waals surface area contributed by atoms with Crippen molar-refractivity contribution in [3.8, 4) is 0 Å². The highest BCUT2D eigenvalue weighted by molar-refractivity contribution is 9.11. The highest BCUT2D eigenvalue weighted by atomic mass is 79.9. The van der Waals surface area contributed by atoms with Crippen molar-refractivity contribution in [3.63, 3.8) is 0 Å². The quantitative estimate of drug-likeness (QED) is 0.757. The van der Waals surface area contributed by atoms with Gasteiger partial charge in [-0.2, -0.15) is 5.10 Å². The minimum atomic E-state index is -0.103. The molecule has 6 heteroatoms. The molecule has 0 saturated heterocycles. The van der Waals surface area contributed by atoms with Crippen LogP contribution in [0.4, 0.5) is 5.69 Å². The van der Waals surface area contributed by atoms with Crippen molar-refractivity contribution in [1.29, 1.82) is 0 Å². The van der Waals surface area contributed by atoms with Gasteiger partial charge in [0.25, 0.3) is 5.91 Å². The summed E-state index contributed by atoms with van der Waals surface area (Å²) in [6.07, 6.45) is 1.73. The van der Waals surface area contributed by atoms with E-state index in [0.717, 1.165) is 20.4 Å². The SMILES string of the molecule is O=C(Nc1ccc2[nH]ncc2c1)c1ccc(Br)s1. The van der Waals surface area contributed by atoms with Crippen LogP contribution in [0.15, 0.2) is 40.3 Å². The van der Waals surface area contributed by atoms with Crippen LogP contribution in [0, 0.1) is 0 Å². The van der Waals surface area contributed by atoms with Crippen LogP contribution in [0.2, 0.25) is 0 Å². The van der Waals surface area contributed by atoms with E-state index in [-0.39, 0.29) is 5.91 Å². The molecule has 3 aromatic rings. The van der Waals surface area contributed by atoms with E-state index < -0.39 is 0 Å². The molecule has 2 aromatic heterocycles. The van der Waals surface area contributed by atoms with Gasteiger partial charge in [-0.3, -0.25) is 9.89 Å². The summed E-state index contributed by atoms with van der Waals surface area (Å²) in [6, 6.07) is 9.28. The van der Waals surface area contributed by atoms with Gasteiger partial charge in [0.05, 0.1) is 20.4 Å². The molecular formula is C12H8BrN3OS. The van der Waals surface area contributed by atoms with Crippen molar-refractivity contribution in [1.82, 2.24) is 10.2 Å². The van der Waals surface area contributed by atoms with Gasteiger partial charge >= 0.3 is 0 Å². The topological polar surface area (TPSA) is 57.8 Å².